The van der Waals surface area contributed by atoms with E-state index in [-0.39, 0.29) is 5.69 Å². The Hall–Kier alpha value is -2.09. The van der Waals surface area contributed by atoms with Gasteiger partial charge in [0, 0.05) is 18.8 Å². The third kappa shape index (κ3) is 3.06. The quantitative estimate of drug-likeness (QED) is 0.922. The fraction of sp³-hybridized carbons (Fsp3) is 0.429. The summed E-state index contributed by atoms with van der Waals surface area (Å²) in [5, 5.41) is 15.9. The minimum Gasteiger partial charge on any atom is -0.390 e. The lowest BCUT2D eigenvalue weighted by atomic mass is 10.2. The van der Waals surface area contributed by atoms with Crippen molar-refractivity contribution in [2.75, 3.05) is 18.0 Å². The largest absolute Gasteiger partial charge is 0.435 e. The highest BCUT2D eigenvalue weighted by Crippen LogP contribution is 2.33. The van der Waals surface area contributed by atoms with Crippen molar-refractivity contribution in [1.29, 1.82) is 0 Å². The molecule has 0 saturated carbocycles. The second-order valence-corrected chi connectivity index (χ2v) is 4.64. The maximum Gasteiger partial charge on any atom is 0.435 e. The minimum absolute atomic E-state index is 0.246. The van der Waals surface area contributed by atoms with Crippen molar-refractivity contribution in [2.45, 2.75) is 26.6 Å². The first-order valence-corrected chi connectivity index (χ1v) is 6.90. The van der Waals surface area contributed by atoms with Crippen LogP contribution < -0.4 is 4.90 Å². The smallest absolute Gasteiger partial charge is 0.390 e. The minimum atomic E-state index is -4.64. The third-order valence-electron chi connectivity index (χ3n) is 3.38. The van der Waals surface area contributed by atoms with Crippen molar-refractivity contribution in [3.05, 3.63) is 35.7 Å². The summed E-state index contributed by atoms with van der Waals surface area (Å²) in [7, 11) is 0. The van der Waals surface area contributed by atoms with Crippen molar-refractivity contribution in [3.8, 4) is 5.69 Å². The molecule has 22 heavy (non-hydrogen) atoms. The lowest BCUT2D eigenvalue weighted by molar-refractivity contribution is -0.143. The second-order valence-electron chi connectivity index (χ2n) is 4.64. The molecule has 1 heterocycles. The zero-order valence-electron chi connectivity index (χ0n) is 12.3. The fourth-order valence-electron chi connectivity index (χ4n) is 2.28. The summed E-state index contributed by atoms with van der Waals surface area (Å²) in [5.41, 5.74) is -0.369. The summed E-state index contributed by atoms with van der Waals surface area (Å²) < 4.78 is 40.0. The summed E-state index contributed by atoms with van der Waals surface area (Å²) in [5.74, 6) is 0. The van der Waals surface area contributed by atoms with Gasteiger partial charge in [0.15, 0.2) is 5.69 Å². The van der Waals surface area contributed by atoms with Gasteiger partial charge in [-0.25, -0.2) is 4.68 Å². The molecule has 0 aliphatic heterocycles. The van der Waals surface area contributed by atoms with Crippen LogP contribution in [-0.2, 0) is 12.8 Å². The van der Waals surface area contributed by atoms with Gasteiger partial charge >= 0.3 is 6.18 Å². The molecule has 5 nitrogen and oxygen atoms in total. The number of aromatic nitrogens is 3. The van der Waals surface area contributed by atoms with E-state index in [0.717, 1.165) is 18.8 Å². The normalized spacial score (nSPS) is 11.7. The van der Waals surface area contributed by atoms with Crippen LogP contribution in [0.4, 0.5) is 18.9 Å². The number of hydrogen-bond acceptors (Lipinski definition) is 4. The van der Waals surface area contributed by atoms with Gasteiger partial charge in [-0.15, -0.1) is 5.10 Å². The van der Waals surface area contributed by atoms with Crippen LogP contribution in [0.1, 0.15) is 25.2 Å². The Bertz CT molecular complexity index is 618. The Labute approximate surface area is 126 Å². The molecule has 1 aromatic heterocycles. The van der Waals surface area contributed by atoms with Gasteiger partial charge in [-0.2, -0.15) is 13.2 Å². The number of anilines is 1. The maximum absolute atomic E-state index is 13.1. The topological polar surface area (TPSA) is 54.2 Å². The summed E-state index contributed by atoms with van der Waals surface area (Å²) in [6.45, 7) is 4.81. The highest BCUT2D eigenvalue weighted by Gasteiger charge is 2.39. The first-order valence-electron chi connectivity index (χ1n) is 6.90. The van der Waals surface area contributed by atoms with Gasteiger partial charge in [0.1, 0.15) is 5.69 Å². The molecule has 0 spiro atoms. The average Bonchev–Trinajstić information content (AvgIpc) is 2.93. The molecule has 0 atom stereocenters. The van der Waals surface area contributed by atoms with E-state index in [9.17, 15) is 13.2 Å². The van der Waals surface area contributed by atoms with Crippen LogP contribution in [0.5, 0.6) is 0 Å². The van der Waals surface area contributed by atoms with Crippen LogP contribution in [0, 0.1) is 0 Å². The number of aliphatic hydroxyl groups is 1. The van der Waals surface area contributed by atoms with Crippen LogP contribution in [0.25, 0.3) is 5.69 Å². The first-order chi connectivity index (χ1) is 10.4. The van der Waals surface area contributed by atoms with E-state index in [1.807, 2.05) is 13.8 Å². The molecule has 2 rings (SSSR count). The zero-order valence-corrected chi connectivity index (χ0v) is 12.3. The molecule has 0 bridgehead atoms. The molecule has 0 unspecified atom stereocenters. The zero-order chi connectivity index (χ0) is 16.3. The fourth-order valence-corrected chi connectivity index (χ4v) is 2.28. The predicted molar refractivity (Wildman–Crippen MR) is 75.8 cm³/mol. The Morgan fingerprint density at radius 1 is 1.14 bits per heavy atom. The van der Waals surface area contributed by atoms with Crippen LogP contribution in [0.2, 0.25) is 0 Å². The maximum atomic E-state index is 13.1. The van der Waals surface area contributed by atoms with E-state index in [0.29, 0.717) is 4.68 Å². The monoisotopic (exact) mass is 314 g/mol. The molecule has 8 heteroatoms. The molecule has 0 fully saturated rings. The van der Waals surface area contributed by atoms with Crippen molar-refractivity contribution in [2.24, 2.45) is 0 Å². The number of benzene rings is 1. The van der Waals surface area contributed by atoms with Crippen LogP contribution in [-0.4, -0.2) is 33.2 Å². The molecule has 0 radical (unpaired) electrons. The Morgan fingerprint density at radius 2 is 1.73 bits per heavy atom. The first kappa shape index (κ1) is 16.3. The standard InChI is InChI=1S/C14H17F3N4O/c1-3-20(4-2)10-5-7-11(8-6-10)21-13(14(15,16)17)12(9-22)18-19-21/h5-8,22H,3-4,9H2,1-2H3. The molecule has 0 saturated heterocycles. The lowest BCUT2D eigenvalue weighted by Crippen LogP contribution is -2.21. The van der Waals surface area contributed by atoms with Gasteiger partial charge in [0.05, 0.1) is 12.3 Å². The number of nitrogens with zero attached hydrogens (tertiary/aromatic N) is 4. The number of hydrogen-bond donors (Lipinski definition) is 1. The van der Waals surface area contributed by atoms with Crippen LogP contribution in [0.15, 0.2) is 24.3 Å². The molecule has 120 valence electrons. The van der Waals surface area contributed by atoms with E-state index in [4.69, 9.17) is 5.11 Å². The van der Waals surface area contributed by atoms with E-state index in [2.05, 4.69) is 15.2 Å². The van der Waals surface area contributed by atoms with Gasteiger partial charge in [-0.1, -0.05) is 5.21 Å². The predicted octanol–water partition coefficient (Wildman–Crippen LogP) is 2.62. The van der Waals surface area contributed by atoms with Crippen molar-refractivity contribution >= 4 is 5.69 Å². The van der Waals surface area contributed by atoms with E-state index in [1.54, 1.807) is 24.3 Å². The average molecular weight is 314 g/mol. The number of aliphatic hydroxyl groups excluding tert-OH is 1. The molecule has 1 aromatic carbocycles. The Morgan fingerprint density at radius 3 is 2.18 bits per heavy atom. The molecule has 2 aromatic rings. The summed E-state index contributed by atoms with van der Waals surface area (Å²) in [6, 6.07) is 6.59. The third-order valence-corrected chi connectivity index (χ3v) is 3.38. The molecular formula is C14H17F3N4O. The number of halogens is 3. The summed E-state index contributed by atoms with van der Waals surface area (Å²) >= 11 is 0. The van der Waals surface area contributed by atoms with E-state index < -0.39 is 24.2 Å². The molecule has 0 amide bonds. The molecule has 0 aliphatic rings. The Balaban J connectivity index is 2.43. The van der Waals surface area contributed by atoms with Gasteiger partial charge in [-0.3, -0.25) is 0 Å². The van der Waals surface area contributed by atoms with Crippen molar-refractivity contribution < 1.29 is 18.3 Å². The highest BCUT2D eigenvalue weighted by atomic mass is 19.4. The van der Waals surface area contributed by atoms with Crippen LogP contribution >= 0.6 is 0 Å². The van der Waals surface area contributed by atoms with Gasteiger partial charge in [0.2, 0.25) is 0 Å². The second kappa shape index (κ2) is 6.35. The number of alkyl halides is 3. The van der Waals surface area contributed by atoms with Gasteiger partial charge in [0.25, 0.3) is 0 Å². The lowest BCUT2D eigenvalue weighted by Gasteiger charge is -2.21. The van der Waals surface area contributed by atoms with E-state index >= 15 is 0 Å². The van der Waals surface area contributed by atoms with Crippen molar-refractivity contribution in [3.63, 3.8) is 0 Å². The number of rotatable bonds is 5. The molecule has 1 N–H and O–H groups in total. The summed E-state index contributed by atoms with van der Waals surface area (Å²) in [4.78, 5) is 2.08. The van der Waals surface area contributed by atoms with Gasteiger partial charge in [-0.05, 0) is 38.1 Å². The molecular weight excluding hydrogens is 297 g/mol. The Kier molecular flexibility index (Phi) is 4.70. The SMILES string of the molecule is CCN(CC)c1ccc(-n2nnc(CO)c2C(F)(F)F)cc1. The molecule has 0 aliphatic carbocycles. The highest BCUT2D eigenvalue weighted by molar-refractivity contribution is 5.51. The van der Waals surface area contributed by atoms with Crippen molar-refractivity contribution in [1.82, 2.24) is 15.0 Å². The van der Waals surface area contributed by atoms with E-state index in [1.165, 1.54) is 0 Å². The van der Waals surface area contributed by atoms with Gasteiger partial charge < -0.3 is 10.0 Å². The van der Waals surface area contributed by atoms with Crippen LogP contribution in [0.3, 0.4) is 0 Å². The summed E-state index contributed by atoms with van der Waals surface area (Å²) in [6.07, 6.45) is -4.64.